The molecular weight excluding hydrogens is 339 g/mol. The summed E-state index contributed by atoms with van der Waals surface area (Å²) in [5.41, 5.74) is 0.246. The zero-order valence-electron chi connectivity index (χ0n) is 11.3. The molecule has 0 aliphatic carbocycles. The lowest BCUT2D eigenvalue weighted by Crippen LogP contribution is -2.27. The van der Waals surface area contributed by atoms with Gasteiger partial charge in [-0.05, 0) is 42.8 Å². The fourth-order valence-electron chi connectivity index (χ4n) is 1.79. The second-order valence-electron chi connectivity index (χ2n) is 4.59. The molecule has 2 aromatic carbocycles. The third-order valence-corrected chi connectivity index (χ3v) is 4.80. The maximum absolute atomic E-state index is 13.2. The summed E-state index contributed by atoms with van der Waals surface area (Å²) in [5.74, 6) is -2.84. The van der Waals surface area contributed by atoms with Crippen molar-refractivity contribution in [2.75, 3.05) is 0 Å². The van der Waals surface area contributed by atoms with E-state index in [-0.39, 0.29) is 15.5 Å². The van der Waals surface area contributed by atoms with Crippen LogP contribution < -0.4 is 4.72 Å². The van der Waals surface area contributed by atoms with Crippen LogP contribution in [0.1, 0.15) is 18.5 Å². The molecular formula is C14H11ClF3NO2S. The van der Waals surface area contributed by atoms with Crippen LogP contribution in [0.4, 0.5) is 13.2 Å². The van der Waals surface area contributed by atoms with Gasteiger partial charge in [0.05, 0.1) is 9.92 Å². The van der Waals surface area contributed by atoms with Crippen LogP contribution in [-0.2, 0) is 10.0 Å². The maximum atomic E-state index is 13.2. The molecule has 118 valence electrons. The average molecular weight is 350 g/mol. The maximum Gasteiger partial charge on any atom is 0.241 e. The van der Waals surface area contributed by atoms with Gasteiger partial charge in [0.15, 0.2) is 11.6 Å². The van der Waals surface area contributed by atoms with E-state index in [0.717, 1.165) is 30.3 Å². The quantitative estimate of drug-likeness (QED) is 0.912. The Labute approximate surface area is 130 Å². The molecule has 0 saturated carbocycles. The van der Waals surface area contributed by atoms with Crippen molar-refractivity contribution >= 4 is 21.6 Å². The van der Waals surface area contributed by atoms with Crippen molar-refractivity contribution in [2.45, 2.75) is 17.9 Å². The van der Waals surface area contributed by atoms with E-state index in [0.29, 0.717) is 0 Å². The summed E-state index contributed by atoms with van der Waals surface area (Å²) in [6.45, 7) is 1.47. The number of hydrogen-bond acceptors (Lipinski definition) is 2. The average Bonchev–Trinajstić information content (AvgIpc) is 2.44. The van der Waals surface area contributed by atoms with Crippen LogP contribution in [0, 0.1) is 17.5 Å². The SMILES string of the molecule is C[C@H](NS(=O)(=O)c1ccc(F)c(Cl)c1)c1ccc(F)c(F)c1. The van der Waals surface area contributed by atoms with Crippen LogP contribution >= 0.6 is 11.6 Å². The van der Waals surface area contributed by atoms with Gasteiger partial charge in [0, 0.05) is 6.04 Å². The predicted octanol–water partition coefficient (Wildman–Crippen LogP) is 3.80. The van der Waals surface area contributed by atoms with E-state index >= 15 is 0 Å². The third kappa shape index (κ3) is 3.60. The molecule has 0 spiro atoms. The minimum atomic E-state index is -3.99. The lowest BCUT2D eigenvalue weighted by molar-refractivity contribution is 0.504. The molecule has 0 radical (unpaired) electrons. The Hall–Kier alpha value is -1.57. The molecule has 1 atom stereocenters. The van der Waals surface area contributed by atoms with E-state index in [4.69, 9.17) is 11.6 Å². The van der Waals surface area contributed by atoms with E-state index in [9.17, 15) is 21.6 Å². The summed E-state index contributed by atoms with van der Waals surface area (Å²) in [6.07, 6.45) is 0. The summed E-state index contributed by atoms with van der Waals surface area (Å²) in [7, 11) is -3.99. The highest BCUT2D eigenvalue weighted by Crippen LogP contribution is 2.22. The number of sulfonamides is 1. The molecule has 0 aliphatic heterocycles. The van der Waals surface area contributed by atoms with Crippen molar-refractivity contribution in [3.8, 4) is 0 Å². The van der Waals surface area contributed by atoms with E-state index in [1.165, 1.54) is 13.0 Å². The lowest BCUT2D eigenvalue weighted by atomic mass is 10.1. The third-order valence-electron chi connectivity index (χ3n) is 2.98. The van der Waals surface area contributed by atoms with Crippen molar-refractivity contribution in [1.82, 2.24) is 4.72 Å². The first-order valence-electron chi connectivity index (χ1n) is 6.13. The molecule has 0 heterocycles. The summed E-state index contributed by atoms with van der Waals surface area (Å²) in [5, 5.41) is -0.330. The topological polar surface area (TPSA) is 46.2 Å². The number of rotatable bonds is 4. The van der Waals surface area contributed by atoms with Crippen LogP contribution in [0.2, 0.25) is 5.02 Å². The summed E-state index contributed by atoms with van der Waals surface area (Å²) in [4.78, 5) is -0.228. The number of halogens is 4. The minimum absolute atomic E-state index is 0.228. The summed E-state index contributed by atoms with van der Waals surface area (Å²) >= 11 is 5.55. The van der Waals surface area contributed by atoms with E-state index < -0.39 is 33.5 Å². The largest absolute Gasteiger partial charge is 0.241 e. The van der Waals surface area contributed by atoms with Gasteiger partial charge in [-0.2, -0.15) is 0 Å². The van der Waals surface area contributed by atoms with E-state index in [2.05, 4.69) is 4.72 Å². The Balaban J connectivity index is 2.27. The Morgan fingerprint density at radius 2 is 1.64 bits per heavy atom. The van der Waals surface area contributed by atoms with Gasteiger partial charge in [-0.1, -0.05) is 17.7 Å². The standard InChI is InChI=1S/C14H11ClF3NO2S/c1-8(9-2-4-13(17)14(18)6-9)19-22(20,21)10-3-5-12(16)11(15)7-10/h2-8,19H,1H3/t8-/m0/s1. The Kier molecular flexibility index (Phi) is 4.79. The molecule has 0 unspecified atom stereocenters. The van der Waals surface area contributed by atoms with Crippen molar-refractivity contribution in [3.05, 3.63) is 64.4 Å². The van der Waals surface area contributed by atoms with Gasteiger partial charge in [-0.25, -0.2) is 26.3 Å². The van der Waals surface area contributed by atoms with Gasteiger partial charge in [-0.3, -0.25) is 0 Å². The Bertz CT molecular complexity index is 812. The number of hydrogen-bond donors (Lipinski definition) is 1. The molecule has 0 bridgehead atoms. The first kappa shape index (κ1) is 16.8. The van der Waals surface area contributed by atoms with Gasteiger partial charge < -0.3 is 0 Å². The van der Waals surface area contributed by atoms with Crippen molar-refractivity contribution < 1.29 is 21.6 Å². The van der Waals surface area contributed by atoms with Crippen molar-refractivity contribution in [2.24, 2.45) is 0 Å². The van der Waals surface area contributed by atoms with Crippen molar-refractivity contribution in [1.29, 1.82) is 0 Å². The molecule has 0 fully saturated rings. The van der Waals surface area contributed by atoms with Gasteiger partial charge in [0.25, 0.3) is 0 Å². The molecule has 2 aromatic rings. The second-order valence-corrected chi connectivity index (χ2v) is 6.71. The van der Waals surface area contributed by atoms with Gasteiger partial charge in [0.2, 0.25) is 10.0 Å². The van der Waals surface area contributed by atoms with Crippen LogP contribution in [-0.4, -0.2) is 8.42 Å². The summed E-state index contributed by atoms with van der Waals surface area (Å²) < 4.78 is 65.8. The monoisotopic (exact) mass is 349 g/mol. The smallest absolute Gasteiger partial charge is 0.207 e. The van der Waals surface area contributed by atoms with Crippen LogP contribution in [0.15, 0.2) is 41.3 Å². The number of nitrogens with one attached hydrogen (secondary N) is 1. The summed E-state index contributed by atoms with van der Waals surface area (Å²) in [6, 6.07) is 5.22. The molecule has 22 heavy (non-hydrogen) atoms. The van der Waals surface area contributed by atoms with Crippen molar-refractivity contribution in [3.63, 3.8) is 0 Å². The van der Waals surface area contributed by atoms with Gasteiger partial charge >= 0.3 is 0 Å². The first-order valence-corrected chi connectivity index (χ1v) is 7.99. The fraction of sp³-hybridized carbons (Fsp3) is 0.143. The molecule has 3 nitrogen and oxygen atoms in total. The van der Waals surface area contributed by atoms with Crippen LogP contribution in [0.3, 0.4) is 0 Å². The molecule has 0 saturated heterocycles. The van der Waals surface area contributed by atoms with E-state index in [1.54, 1.807) is 0 Å². The predicted molar refractivity (Wildman–Crippen MR) is 76.5 cm³/mol. The van der Waals surface area contributed by atoms with Gasteiger partial charge in [0.1, 0.15) is 5.82 Å². The molecule has 2 rings (SSSR count). The zero-order valence-corrected chi connectivity index (χ0v) is 12.9. The highest BCUT2D eigenvalue weighted by Gasteiger charge is 2.20. The molecule has 0 aliphatic rings. The van der Waals surface area contributed by atoms with Crippen LogP contribution in [0.5, 0.6) is 0 Å². The first-order chi connectivity index (χ1) is 10.2. The van der Waals surface area contributed by atoms with E-state index in [1.807, 2.05) is 0 Å². The fourth-order valence-corrected chi connectivity index (χ4v) is 3.30. The van der Waals surface area contributed by atoms with Gasteiger partial charge in [-0.15, -0.1) is 0 Å². The minimum Gasteiger partial charge on any atom is -0.207 e. The lowest BCUT2D eigenvalue weighted by Gasteiger charge is -2.15. The molecule has 1 N–H and O–H groups in total. The highest BCUT2D eigenvalue weighted by molar-refractivity contribution is 7.89. The Morgan fingerprint density at radius 1 is 1.00 bits per heavy atom. The number of benzene rings is 2. The normalized spacial score (nSPS) is 13.1. The highest BCUT2D eigenvalue weighted by atomic mass is 35.5. The molecule has 0 aromatic heterocycles. The molecule has 8 heteroatoms. The zero-order chi connectivity index (χ0) is 16.5. The molecule has 0 amide bonds. The second kappa shape index (κ2) is 6.28. The Morgan fingerprint density at radius 3 is 2.23 bits per heavy atom. The van der Waals surface area contributed by atoms with Crippen LogP contribution in [0.25, 0.3) is 0 Å².